The molecule has 0 atom stereocenters. The van der Waals surface area contributed by atoms with Crippen molar-refractivity contribution in [2.24, 2.45) is 0 Å². The van der Waals surface area contributed by atoms with Crippen molar-refractivity contribution in [3.8, 4) is 0 Å². The molecule has 0 aliphatic heterocycles. The van der Waals surface area contributed by atoms with Crippen molar-refractivity contribution in [3.63, 3.8) is 0 Å². The molecule has 0 aromatic carbocycles. The largest absolute Gasteiger partial charge is 0.480 e. The van der Waals surface area contributed by atoms with Crippen LogP contribution in [0.15, 0.2) is 4.52 Å². The molecule has 6 nitrogen and oxygen atoms in total. The Hall–Kier alpha value is -1.85. The normalized spacial score (nSPS) is 18.3. The molecule has 6 heteroatoms. The molecule has 0 unspecified atom stereocenters. The van der Waals surface area contributed by atoms with Crippen molar-refractivity contribution < 1.29 is 19.2 Å². The third-order valence-electron chi connectivity index (χ3n) is 3.98. The van der Waals surface area contributed by atoms with Crippen LogP contribution in [0.4, 0.5) is 0 Å². The van der Waals surface area contributed by atoms with Gasteiger partial charge in [0.1, 0.15) is 16.9 Å². The van der Waals surface area contributed by atoms with E-state index in [1.807, 2.05) is 0 Å². The SMILES string of the molecule is Cc1noc(C)c1C(=O)NC1(C(=O)O)CCCCCC1. The van der Waals surface area contributed by atoms with Crippen molar-refractivity contribution in [1.29, 1.82) is 0 Å². The maximum absolute atomic E-state index is 12.4. The van der Waals surface area contributed by atoms with Gasteiger partial charge in [-0.15, -0.1) is 0 Å². The molecule has 0 saturated heterocycles. The topological polar surface area (TPSA) is 92.4 Å². The van der Waals surface area contributed by atoms with Gasteiger partial charge in [0.2, 0.25) is 0 Å². The highest BCUT2D eigenvalue weighted by atomic mass is 16.5. The number of nitrogens with zero attached hydrogens (tertiary/aromatic N) is 1. The van der Waals surface area contributed by atoms with Crippen LogP contribution in [0.5, 0.6) is 0 Å². The first kappa shape index (κ1) is 14.6. The Morgan fingerprint density at radius 3 is 2.25 bits per heavy atom. The van der Waals surface area contributed by atoms with Gasteiger partial charge in [0.15, 0.2) is 0 Å². The van der Waals surface area contributed by atoms with Crippen LogP contribution in [0.3, 0.4) is 0 Å². The molecule has 0 bridgehead atoms. The van der Waals surface area contributed by atoms with Crippen LogP contribution in [-0.2, 0) is 4.79 Å². The van der Waals surface area contributed by atoms with Gasteiger partial charge in [0.05, 0.1) is 5.69 Å². The van der Waals surface area contributed by atoms with E-state index in [1.54, 1.807) is 13.8 Å². The lowest BCUT2D eigenvalue weighted by molar-refractivity contribution is -0.145. The van der Waals surface area contributed by atoms with Crippen molar-refractivity contribution in [1.82, 2.24) is 10.5 Å². The summed E-state index contributed by atoms with van der Waals surface area (Å²) in [4.78, 5) is 24.0. The Morgan fingerprint density at radius 2 is 1.80 bits per heavy atom. The van der Waals surface area contributed by atoms with Crippen LogP contribution in [0.25, 0.3) is 0 Å². The number of rotatable bonds is 3. The zero-order valence-electron chi connectivity index (χ0n) is 11.9. The van der Waals surface area contributed by atoms with Crippen LogP contribution >= 0.6 is 0 Å². The van der Waals surface area contributed by atoms with Gasteiger partial charge >= 0.3 is 5.97 Å². The second kappa shape index (κ2) is 5.64. The van der Waals surface area contributed by atoms with E-state index in [1.165, 1.54) is 0 Å². The molecule has 1 fully saturated rings. The summed E-state index contributed by atoms with van der Waals surface area (Å²) in [6, 6.07) is 0. The van der Waals surface area contributed by atoms with Crippen molar-refractivity contribution >= 4 is 11.9 Å². The lowest BCUT2D eigenvalue weighted by Gasteiger charge is -2.29. The zero-order chi connectivity index (χ0) is 14.8. The minimum Gasteiger partial charge on any atom is -0.480 e. The fourth-order valence-corrected chi connectivity index (χ4v) is 2.81. The number of hydrogen-bond donors (Lipinski definition) is 2. The predicted molar refractivity (Wildman–Crippen MR) is 71.5 cm³/mol. The van der Waals surface area contributed by atoms with Crippen LogP contribution < -0.4 is 5.32 Å². The van der Waals surface area contributed by atoms with E-state index in [9.17, 15) is 14.7 Å². The second-order valence-electron chi connectivity index (χ2n) is 5.45. The van der Waals surface area contributed by atoms with E-state index in [0.717, 1.165) is 25.7 Å². The van der Waals surface area contributed by atoms with Gasteiger partial charge in [0.25, 0.3) is 5.91 Å². The minimum absolute atomic E-state index is 0.342. The average molecular weight is 280 g/mol. The number of carbonyl (C=O) groups is 2. The Kier molecular flexibility index (Phi) is 4.11. The van der Waals surface area contributed by atoms with E-state index < -0.39 is 17.4 Å². The average Bonchev–Trinajstić information content (AvgIpc) is 2.61. The summed E-state index contributed by atoms with van der Waals surface area (Å²) in [6.45, 7) is 3.32. The summed E-state index contributed by atoms with van der Waals surface area (Å²) in [5, 5.41) is 16.0. The van der Waals surface area contributed by atoms with Crippen molar-refractivity contribution in [3.05, 3.63) is 17.0 Å². The Balaban J connectivity index is 2.24. The number of aromatic nitrogens is 1. The highest BCUT2D eigenvalue weighted by Gasteiger charge is 2.41. The molecule has 20 heavy (non-hydrogen) atoms. The van der Waals surface area contributed by atoms with Crippen LogP contribution in [0.2, 0.25) is 0 Å². The van der Waals surface area contributed by atoms with Crippen molar-refractivity contribution in [2.45, 2.75) is 57.9 Å². The zero-order valence-corrected chi connectivity index (χ0v) is 11.9. The molecule has 1 aromatic heterocycles. The highest BCUT2D eigenvalue weighted by molar-refractivity contribution is 5.99. The number of carbonyl (C=O) groups excluding carboxylic acids is 1. The van der Waals surface area contributed by atoms with Gasteiger partial charge in [-0.2, -0.15) is 0 Å². The van der Waals surface area contributed by atoms with Gasteiger partial charge in [-0.3, -0.25) is 4.79 Å². The smallest absolute Gasteiger partial charge is 0.329 e. The first-order valence-electron chi connectivity index (χ1n) is 6.95. The standard InChI is InChI=1S/C14H20N2O4/c1-9-11(10(2)20-16-9)12(17)15-14(13(18)19)7-5-3-4-6-8-14/h3-8H2,1-2H3,(H,15,17)(H,18,19). The summed E-state index contributed by atoms with van der Waals surface area (Å²) >= 11 is 0. The first-order chi connectivity index (χ1) is 9.46. The molecule has 1 heterocycles. The summed E-state index contributed by atoms with van der Waals surface area (Å²) in [5.41, 5.74) is -0.340. The van der Waals surface area contributed by atoms with Gasteiger partial charge in [-0.1, -0.05) is 30.8 Å². The first-order valence-corrected chi connectivity index (χ1v) is 6.95. The molecule has 1 aromatic rings. The molecule has 110 valence electrons. The molecular weight excluding hydrogens is 260 g/mol. The van der Waals surface area contributed by atoms with Gasteiger partial charge < -0.3 is 14.9 Å². The monoisotopic (exact) mass is 280 g/mol. The van der Waals surface area contributed by atoms with E-state index >= 15 is 0 Å². The molecule has 1 saturated carbocycles. The summed E-state index contributed by atoms with van der Waals surface area (Å²) in [7, 11) is 0. The van der Waals surface area contributed by atoms with Crippen molar-refractivity contribution in [2.75, 3.05) is 0 Å². The van der Waals surface area contributed by atoms with Crippen LogP contribution in [-0.4, -0.2) is 27.7 Å². The van der Waals surface area contributed by atoms with Gasteiger partial charge in [-0.05, 0) is 26.7 Å². The molecule has 0 spiro atoms. The summed E-state index contributed by atoms with van der Waals surface area (Å²) in [5.74, 6) is -0.959. The Labute approximate surface area is 117 Å². The summed E-state index contributed by atoms with van der Waals surface area (Å²) < 4.78 is 4.97. The maximum atomic E-state index is 12.4. The minimum atomic E-state index is -1.16. The number of aliphatic carboxylic acids is 1. The van der Waals surface area contributed by atoms with E-state index in [2.05, 4.69) is 10.5 Å². The third kappa shape index (κ3) is 2.69. The number of carboxylic acid groups (broad SMARTS) is 1. The lowest BCUT2D eigenvalue weighted by atomic mass is 9.89. The summed E-state index contributed by atoms with van der Waals surface area (Å²) in [6.07, 6.45) is 4.59. The number of carboxylic acids is 1. The van der Waals surface area contributed by atoms with Gasteiger partial charge in [0, 0.05) is 0 Å². The molecule has 1 amide bonds. The van der Waals surface area contributed by atoms with E-state index in [0.29, 0.717) is 29.9 Å². The van der Waals surface area contributed by atoms with Crippen LogP contribution in [0, 0.1) is 13.8 Å². The number of amides is 1. The lowest BCUT2D eigenvalue weighted by Crippen LogP contribution is -2.54. The molecule has 1 aliphatic rings. The van der Waals surface area contributed by atoms with Gasteiger partial charge in [-0.25, -0.2) is 4.79 Å². The fraction of sp³-hybridized carbons (Fsp3) is 0.643. The van der Waals surface area contributed by atoms with E-state index in [-0.39, 0.29) is 0 Å². The Bertz CT molecular complexity index is 494. The molecule has 2 N–H and O–H groups in total. The molecule has 1 aliphatic carbocycles. The second-order valence-corrected chi connectivity index (χ2v) is 5.45. The highest BCUT2D eigenvalue weighted by Crippen LogP contribution is 2.28. The molecular formula is C14H20N2O4. The number of aryl methyl sites for hydroxylation is 2. The fourth-order valence-electron chi connectivity index (χ4n) is 2.81. The third-order valence-corrected chi connectivity index (χ3v) is 3.98. The van der Waals surface area contributed by atoms with Crippen LogP contribution in [0.1, 0.15) is 60.3 Å². The predicted octanol–water partition coefficient (Wildman–Crippen LogP) is 2.20. The Morgan fingerprint density at radius 1 is 1.20 bits per heavy atom. The number of hydrogen-bond acceptors (Lipinski definition) is 4. The molecule has 2 rings (SSSR count). The maximum Gasteiger partial charge on any atom is 0.329 e. The quantitative estimate of drug-likeness (QED) is 0.828. The number of nitrogens with one attached hydrogen (secondary N) is 1. The molecule has 0 radical (unpaired) electrons. The van der Waals surface area contributed by atoms with E-state index in [4.69, 9.17) is 4.52 Å².